The van der Waals surface area contributed by atoms with Gasteiger partial charge in [-0.3, -0.25) is 0 Å². The van der Waals surface area contributed by atoms with Crippen LogP contribution < -0.4 is 4.72 Å². The molecular formula is C6H10N2OS2. The van der Waals surface area contributed by atoms with Crippen LogP contribution >= 0.6 is 11.3 Å². The van der Waals surface area contributed by atoms with E-state index in [1.54, 1.807) is 11.3 Å². The quantitative estimate of drug-likeness (QED) is 0.744. The van der Waals surface area contributed by atoms with Crippen molar-refractivity contribution in [2.75, 3.05) is 6.26 Å². The zero-order chi connectivity index (χ0) is 8.32. The number of nitrogens with one attached hydrogen (secondary N) is 2. The smallest absolute Gasteiger partial charge is 0.102 e. The first-order valence-corrected chi connectivity index (χ1v) is 5.93. The van der Waals surface area contributed by atoms with Crippen molar-refractivity contribution < 1.29 is 4.21 Å². The number of thiophene rings is 1. The lowest BCUT2D eigenvalue weighted by molar-refractivity contribution is 0.667. The van der Waals surface area contributed by atoms with E-state index in [0.717, 1.165) is 4.88 Å². The van der Waals surface area contributed by atoms with E-state index in [0.29, 0.717) is 6.54 Å². The van der Waals surface area contributed by atoms with E-state index in [2.05, 4.69) is 4.72 Å². The summed E-state index contributed by atoms with van der Waals surface area (Å²) in [5, 5.41) is 1.96. The Bertz CT molecular complexity index is 301. The second-order valence-electron chi connectivity index (χ2n) is 2.24. The van der Waals surface area contributed by atoms with Crippen molar-refractivity contribution in [2.45, 2.75) is 6.54 Å². The van der Waals surface area contributed by atoms with Gasteiger partial charge in [0.25, 0.3) is 0 Å². The third kappa shape index (κ3) is 3.50. The summed E-state index contributed by atoms with van der Waals surface area (Å²) >= 11 is 1.59. The molecule has 1 unspecified atom stereocenters. The summed E-state index contributed by atoms with van der Waals surface area (Å²) < 4.78 is 20.5. The van der Waals surface area contributed by atoms with Gasteiger partial charge in [-0.25, -0.2) is 13.7 Å². The topological polar surface area (TPSA) is 53.0 Å². The van der Waals surface area contributed by atoms with Crippen molar-refractivity contribution in [1.82, 2.24) is 4.72 Å². The molecule has 3 nitrogen and oxygen atoms in total. The van der Waals surface area contributed by atoms with Crippen molar-refractivity contribution in [2.24, 2.45) is 0 Å². The zero-order valence-electron chi connectivity index (χ0n) is 6.16. The van der Waals surface area contributed by atoms with Gasteiger partial charge in [-0.1, -0.05) is 6.07 Å². The van der Waals surface area contributed by atoms with Crippen LogP contribution in [0.5, 0.6) is 0 Å². The maximum Gasteiger partial charge on any atom is 0.102 e. The average molecular weight is 190 g/mol. The molecule has 0 aromatic carbocycles. The SMILES string of the molecule is CS(=N)(=O)NCc1cccs1. The second-order valence-corrected chi connectivity index (χ2v) is 5.25. The molecule has 1 aromatic heterocycles. The van der Waals surface area contributed by atoms with E-state index in [1.807, 2.05) is 17.5 Å². The molecule has 0 aliphatic rings. The van der Waals surface area contributed by atoms with E-state index in [4.69, 9.17) is 4.78 Å². The van der Waals surface area contributed by atoms with Crippen LogP contribution in [0, 0.1) is 4.78 Å². The number of hydrogen-bond acceptors (Lipinski definition) is 3. The van der Waals surface area contributed by atoms with E-state index in [9.17, 15) is 4.21 Å². The second kappa shape index (κ2) is 3.34. The predicted molar refractivity (Wildman–Crippen MR) is 47.9 cm³/mol. The molecule has 0 radical (unpaired) electrons. The Labute approximate surface area is 70.6 Å². The third-order valence-electron chi connectivity index (χ3n) is 1.10. The molecule has 0 saturated carbocycles. The molecule has 0 aliphatic carbocycles. The Morgan fingerprint density at radius 2 is 2.55 bits per heavy atom. The Kier molecular flexibility index (Phi) is 2.64. The Morgan fingerprint density at radius 1 is 1.82 bits per heavy atom. The Balaban J connectivity index is 2.48. The lowest BCUT2D eigenvalue weighted by Crippen LogP contribution is -2.19. The van der Waals surface area contributed by atoms with Crippen molar-refractivity contribution in [3.8, 4) is 0 Å². The van der Waals surface area contributed by atoms with E-state index in [1.165, 1.54) is 6.26 Å². The normalized spacial score (nSPS) is 16.1. The number of rotatable bonds is 3. The summed E-state index contributed by atoms with van der Waals surface area (Å²) in [4.78, 5) is 1.10. The van der Waals surface area contributed by atoms with Crippen LogP contribution in [-0.4, -0.2) is 10.5 Å². The third-order valence-corrected chi connectivity index (χ3v) is 2.67. The molecule has 1 heterocycles. The molecule has 0 amide bonds. The standard InChI is InChI=1S/C6H10N2OS2/c1-11(7,9)8-5-6-3-2-4-10-6/h2-4H,5H2,1H3,(H2,7,8,9). The van der Waals surface area contributed by atoms with Gasteiger partial charge in [-0.05, 0) is 11.4 Å². The van der Waals surface area contributed by atoms with E-state index < -0.39 is 9.92 Å². The summed E-state index contributed by atoms with van der Waals surface area (Å²) in [6, 6.07) is 3.88. The van der Waals surface area contributed by atoms with Gasteiger partial charge in [0.05, 0.1) is 0 Å². The van der Waals surface area contributed by atoms with E-state index >= 15 is 0 Å². The molecule has 1 atom stereocenters. The highest BCUT2D eigenvalue weighted by Crippen LogP contribution is 2.07. The summed E-state index contributed by atoms with van der Waals surface area (Å²) in [5.74, 6) is 0. The van der Waals surface area contributed by atoms with Gasteiger partial charge in [0.1, 0.15) is 9.92 Å². The fourth-order valence-electron chi connectivity index (χ4n) is 0.622. The van der Waals surface area contributed by atoms with Crippen LogP contribution in [0.3, 0.4) is 0 Å². The van der Waals surface area contributed by atoms with Gasteiger partial charge in [0, 0.05) is 17.7 Å². The lowest BCUT2D eigenvalue weighted by Gasteiger charge is -2.00. The first-order valence-electron chi connectivity index (χ1n) is 3.09. The fourth-order valence-corrected chi connectivity index (χ4v) is 1.79. The summed E-state index contributed by atoms with van der Waals surface area (Å²) in [6.45, 7) is 0.524. The minimum absolute atomic E-state index is 0.524. The van der Waals surface area contributed by atoms with Crippen LogP contribution in [0.15, 0.2) is 17.5 Å². The molecule has 5 heteroatoms. The first-order chi connectivity index (χ1) is 5.08. The fraction of sp³-hybridized carbons (Fsp3) is 0.333. The maximum absolute atomic E-state index is 10.8. The predicted octanol–water partition coefficient (Wildman–Crippen LogP) is 1.43. The molecule has 0 fully saturated rings. The van der Waals surface area contributed by atoms with Crippen molar-refractivity contribution in [3.05, 3.63) is 22.4 Å². The Morgan fingerprint density at radius 3 is 3.00 bits per heavy atom. The van der Waals surface area contributed by atoms with Gasteiger partial charge >= 0.3 is 0 Å². The monoisotopic (exact) mass is 190 g/mol. The maximum atomic E-state index is 10.8. The first kappa shape index (κ1) is 8.70. The minimum Gasteiger partial charge on any atom is -0.241 e. The van der Waals surface area contributed by atoms with Crippen molar-refractivity contribution >= 4 is 21.3 Å². The van der Waals surface area contributed by atoms with Gasteiger partial charge in [0.2, 0.25) is 0 Å². The van der Waals surface area contributed by atoms with Crippen molar-refractivity contribution in [3.63, 3.8) is 0 Å². The van der Waals surface area contributed by atoms with Gasteiger partial charge in [0.15, 0.2) is 0 Å². The highest BCUT2D eigenvalue weighted by atomic mass is 32.2. The van der Waals surface area contributed by atoms with Crippen LogP contribution in [0.1, 0.15) is 4.88 Å². The average Bonchev–Trinajstić information content (AvgIpc) is 2.32. The largest absolute Gasteiger partial charge is 0.241 e. The molecule has 2 N–H and O–H groups in total. The van der Waals surface area contributed by atoms with Gasteiger partial charge < -0.3 is 0 Å². The molecule has 11 heavy (non-hydrogen) atoms. The Hall–Kier alpha value is -0.390. The lowest BCUT2D eigenvalue weighted by atomic mass is 10.5. The van der Waals surface area contributed by atoms with Gasteiger partial charge in [-0.15, -0.1) is 11.3 Å². The molecule has 0 bridgehead atoms. The molecule has 0 saturated heterocycles. The molecule has 1 aromatic rings. The van der Waals surface area contributed by atoms with Crippen LogP contribution in [0.4, 0.5) is 0 Å². The molecule has 62 valence electrons. The highest BCUT2D eigenvalue weighted by Gasteiger charge is 1.96. The van der Waals surface area contributed by atoms with Gasteiger partial charge in [-0.2, -0.15) is 0 Å². The van der Waals surface area contributed by atoms with Crippen molar-refractivity contribution in [1.29, 1.82) is 4.78 Å². The number of hydrogen-bond donors (Lipinski definition) is 2. The summed E-state index contributed by atoms with van der Waals surface area (Å²) in [5.41, 5.74) is 0. The van der Waals surface area contributed by atoms with Crippen LogP contribution in [-0.2, 0) is 16.5 Å². The summed E-state index contributed by atoms with van der Waals surface area (Å²) in [7, 11) is -2.54. The zero-order valence-corrected chi connectivity index (χ0v) is 7.80. The molecule has 1 rings (SSSR count). The van der Waals surface area contributed by atoms with E-state index in [-0.39, 0.29) is 0 Å². The minimum atomic E-state index is -2.54. The molecule has 0 spiro atoms. The van der Waals surface area contributed by atoms with Crippen LogP contribution in [0.25, 0.3) is 0 Å². The molecular weight excluding hydrogens is 180 g/mol. The summed E-state index contributed by atoms with van der Waals surface area (Å²) in [6.07, 6.45) is 1.38. The van der Waals surface area contributed by atoms with Crippen LogP contribution in [0.2, 0.25) is 0 Å². The molecule has 0 aliphatic heterocycles. The highest BCUT2D eigenvalue weighted by molar-refractivity contribution is 7.89.